The molecule has 0 aromatic heterocycles. The molecular formula is C9H15NO3. The maximum atomic E-state index is 10.9. The van der Waals surface area contributed by atoms with E-state index < -0.39 is 5.97 Å². The molecule has 1 amide bonds. The average Bonchev–Trinajstić information content (AvgIpc) is 2.11. The van der Waals surface area contributed by atoms with Crippen LogP contribution in [0.15, 0.2) is 12.7 Å². The summed E-state index contributed by atoms with van der Waals surface area (Å²) in [6.07, 6.45) is 3.69. The van der Waals surface area contributed by atoms with Crippen LogP contribution >= 0.6 is 0 Å². The van der Waals surface area contributed by atoms with Gasteiger partial charge in [-0.15, -0.1) is 6.58 Å². The Morgan fingerprint density at radius 2 is 2.38 bits per heavy atom. The molecule has 0 aromatic rings. The van der Waals surface area contributed by atoms with E-state index in [-0.39, 0.29) is 12.6 Å². The third kappa shape index (κ3) is 7.05. The van der Waals surface area contributed by atoms with Gasteiger partial charge in [-0.1, -0.05) is 6.08 Å². The number of amides is 1. The zero-order valence-electron chi connectivity index (χ0n) is 7.79. The van der Waals surface area contributed by atoms with Crippen molar-refractivity contribution in [3.8, 4) is 0 Å². The minimum Gasteiger partial charge on any atom is -0.461 e. The second kappa shape index (κ2) is 7.34. The summed E-state index contributed by atoms with van der Waals surface area (Å²) in [5, 5.41) is 2.23. The third-order valence-electron chi connectivity index (χ3n) is 1.44. The lowest BCUT2D eigenvalue weighted by Crippen LogP contribution is -2.26. The lowest BCUT2D eigenvalue weighted by Gasteiger charge is -2.11. The topological polar surface area (TPSA) is 55.4 Å². The monoisotopic (exact) mass is 185 g/mol. The number of allylic oxidation sites excluding steroid dienone is 1. The van der Waals surface area contributed by atoms with Crippen molar-refractivity contribution in [3.05, 3.63) is 12.7 Å². The van der Waals surface area contributed by atoms with Crippen molar-refractivity contribution < 1.29 is 14.3 Å². The minimum absolute atomic E-state index is 0.0675. The van der Waals surface area contributed by atoms with Crippen molar-refractivity contribution in [1.82, 2.24) is 5.32 Å². The van der Waals surface area contributed by atoms with Gasteiger partial charge in [0.2, 0.25) is 6.41 Å². The number of ether oxygens (including phenoxy) is 1. The fourth-order valence-corrected chi connectivity index (χ4v) is 0.803. The van der Waals surface area contributed by atoms with Gasteiger partial charge in [-0.25, -0.2) is 0 Å². The van der Waals surface area contributed by atoms with Crippen molar-refractivity contribution in [3.63, 3.8) is 0 Å². The summed E-state index contributed by atoms with van der Waals surface area (Å²) in [6, 6.07) is 0. The van der Waals surface area contributed by atoms with Gasteiger partial charge in [0.15, 0.2) is 0 Å². The molecule has 0 unspecified atom stereocenters. The molecule has 0 aliphatic carbocycles. The Bertz CT molecular complexity index is 180. The Morgan fingerprint density at radius 3 is 2.92 bits per heavy atom. The van der Waals surface area contributed by atoms with Crippen molar-refractivity contribution in [2.75, 3.05) is 6.54 Å². The molecule has 1 atom stereocenters. The van der Waals surface area contributed by atoms with Crippen LogP contribution < -0.4 is 5.32 Å². The molecule has 74 valence electrons. The van der Waals surface area contributed by atoms with E-state index >= 15 is 0 Å². The van der Waals surface area contributed by atoms with E-state index in [1.54, 1.807) is 6.08 Å². The van der Waals surface area contributed by atoms with Crippen LogP contribution in [0.3, 0.4) is 0 Å². The normalized spacial score (nSPS) is 11.5. The van der Waals surface area contributed by atoms with E-state index in [0.717, 1.165) is 12.8 Å². The predicted octanol–water partition coefficient (Wildman–Crippen LogP) is 0.630. The van der Waals surface area contributed by atoms with Crippen molar-refractivity contribution in [2.24, 2.45) is 0 Å². The van der Waals surface area contributed by atoms with E-state index in [0.29, 0.717) is 6.41 Å². The molecule has 0 fully saturated rings. The summed E-state index contributed by atoms with van der Waals surface area (Å²) in [5.74, 6) is -0.413. The van der Waals surface area contributed by atoms with Gasteiger partial charge < -0.3 is 10.1 Å². The smallest absolute Gasteiger partial charge is 0.325 e. The molecule has 0 saturated heterocycles. The molecule has 4 heteroatoms. The zero-order chi connectivity index (χ0) is 10.1. The predicted molar refractivity (Wildman–Crippen MR) is 49.1 cm³/mol. The average molecular weight is 185 g/mol. The summed E-state index contributed by atoms with van der Waals surface area (Å²) in [6.45, 7) is 5.30. The first-order valence-corrected chi connectivity index (χ1v) is 4.18. The van der Waals surface area contributed by atoms with Crippen LogP contribution in [-0.2, 0) is 14.3 Å². The first-order chi connectivity index (χ1) is 6.20. The first kappa shape index (κ1) is 11.7. The van der Waals surface area contributed by atoms with E-state index in [4.69, 9.17) is 4.74 Å². The van der Waals surface area contributed by atoms with Crippen LogP contribution in [0.4, 0.5) is 0 Å². The lowest BCUT2D eigenvalue weighted by molar-refractivity contribution is -0.147. The molecule has 0 radical (unpaired) electrons. The van der Waals surface area contributed by atoms with Gasteiger partial charge in [-0.3, -0.25) is 9.59 Å². The summed E-state index contributed by atoms with van der Waals surface area (Å²) >= 11 is 0. The second-order valence-corrected chi connectivity index (χ2v) is 2.67. The highest BCUT2D eigenvalue weighted by molar-refractivity contribution is 5.74. The Hall–Kier alpha value is -1.32. The molecular weight excluding hydrogens is 170 g/mol. The van der Waals surface area contributed by atoms with Crippen molar-refractivity contribution in [1.29, 1.82) is 0 Å². The highest BCUT2D eigenvalue weighted by atomic mass is 16.5. The molecule has 0 aliphatic heterocycles. The maximum Gasteiger partial charge on any atom is 0.325 e. The number of hydrogen-bond donors (Lipinski definition) is 1. The van der Waals surface area contributed by atoms with E-state index in [9.17, 15) is 9.59 Å². The number of nitrogens with one attached hydrogen (secondary N) is 1. The van der Waals surface area contributed by atoms with Crippen molar-refractivity contribution >= 4 is 12.4 Å². The van der Waals surface area contributed by atoms with E-state index in [2.05, 4.69) is 11.9 Å². The number of hydrogen-bond acceptors (Lipinski definition) is 3. The van der Waals surface area contributed by atoms with E-state index in [1.165, 1.54) is 0 Å². The fourth-order valence-electron chi connectivity index (χ4n) is 0.803. The van der Waals surface area contributed by atoms with Crippen LogP contribution in [0.5, 0.6) is 0 Å². The summed E-state index contributed by atoms with van der Waals surface area (Å²) in [7, 11) is 0. The van der Waals surface area contributed by atoms with Gasteiger partial charge in [0, 0.05) is 0 Å². The molecule has 0 bridgehead atoms. The lowest BCUT2D eigenvalue weighted by atomic mass is 10.2. The van der Waals surface area contributed by atoms with Crippen LogP contribution in [0.25, 0.3) is 0 Å². The van der Waals surface area contributed by atoms with Gasteiger partial charge in [0.05, 0.1) is 6.10 Å². The SMILES string of the molecule is C=CCC[C@H](C)OC(=O)CNC=O. The summed E-state index contributed by atoms with van der Waals surface area (Å²) < 4.78 is 4.95. The van der Waals surface area contributed by atoms with Gasteiger partial charge in [-0.05, 0) is 19.8 Å². The van der Waals surface area contributed by atoms with Crippen molar-refractivity contribution in [2.45, 2.75) is 25.9 Å². The van der Waals surface area contributed by atoms with Crippen LogP contribution in [-0.4, -0.2) is 25.0 Å². The van der Waals surface area contributed by atoms with Gasteiger partial charge in [-0.2, -0.15) is 0 Å². The second-order valence-electron chi connectivity index (χ2n) is 2.67. The summed E-state index contributed by atoms with van der Waals surface area (Å²) in [5.41, 5.74) is 0. The third-order valence-corrected chi connectivity index (χ3v) is 1.44. The standard InChI is InChI=1S/C9H15NO3/c1-3-4-5-8(2)13-9(12)6-10-7-11/h3,7-8H,1,4-6H2,2H3,(H,10,11)/t8-/m0/s1. The molecule has 0 heterocycles. The minimum atomic E-state index is -0.413. The van der Waals surface area contributed by atoms with Gasteiger partial charge in [0.25, 0.3) is 0 Å². The van der Waals surface area contributed by atoms with E-state index in [1.807, 2.05) is 6.92 Å². The largest absolute Gasteiger partial charge is 0.461 e. The Labute approximate surface area is 78.0 Å². The van der Waals surface area contributed by atoms with Gasteiger partial charge in [0.1, 0.15) is 6.54 Å². The maximum absolute atomic E-state index is 10.9. The summed E-state index contributed by atoms with van der Waals surface area (Å²) in [4.78, 5) is 20.7. The number of esters is 1. The quantitative estimate of drug-likeness (QED) is 0.359. The zero-order valence-corrected chi connectivity index (χ0v) is 7.79. The number of carbonyl (C=O) groups excluding carboxylic acids is 2. The molecule has 4 nitrogen and oxygen atoms in total. The molecule has 13 heavy (non-hydrogen) atoms. The molecule has 0 spiro atoms. The molecule has 0 aliphatic rings. The van der Waals surface area contributed by atoms with Crippen LogP contribution in [0.1, 0.15) is 19.8 Å². The van der Waals surface area contributed by atoms with Crippen LogP contribution in [0, 0.1) is 0 Å². The highest BCUT2D eigenvalue weighted by Crippen LogP contribution is 2.01. The Kier molecular flexibility index (Phi) is 6.59. The molecule has 0 rings (SSSR count). The molecule has 0 saturated carbocycles. The Morgan fingerprint density at radius 1 is 1.69 bits per heavy atom. The number of carbonyl (C=O) groups is 2. The molecule has 1 N–H and O–H groups in total. The fraction of sp³-hybridized carbons (Fsp3) is 0.556. The van der Waals surface area contributed by atoms with Gasteiger partial charge >= 0.3 is 5.97 Å². The Balaban J connectivity index is 3.51. The van der Waals surface area contributed by atoms with Crippen LogP contribution in [0.2, 0.25) is 0 Å². The number of rotatable bonds is 7. The highest BCUT2D eigenvalue weighted by Gasteiger charge is 2.07. The first-order valence-electron chi connectivity index (χ1n) is 4.18. The molecule has 0 aromatic carbocycles.